The number of hydrogen-bond donors (Lipinski definition) is 1. The molecule has 100 valence electrons. The molecule has 0 bridgehead atoms. The van der Waals surface area contributed by atoms with Crippen molar-refractivity contribution in [3.63, 3.8) is 0 Å². The van der Waals surface area contributed by atoms with Crippen LogP contribution in [0.25, 0.3) is 11.6 Å². The number of anilines is 1. The van der Waals surface area contributed by atoms with Crippen LogP contribution >= 0.6 is 11.6 Å². The first kappa shape index (κ1) is 12.8. The number of nitrogens with one attached hydrogen (secondary N) is 1. The zero-order valence-electron chi connectivity index (χ0n) is 10.8. The lowest BCUT2D eigenvalue weighted by Crippen LogP contribution is -2.03. The van der Waals surface area contributed by atoms with E-state index in [0.29, 0.717) is 10.6 Å². The summed E-state index contributed by atoms with van der Waals surface area (Å²) >= 11 is 5.96. The van der Waals surface area contributed by atoms with Gasteiger partial charge in [-0.05, 0) is 42.0 Å². The maximum absolute atomic E-state index is 12.1. The molecule has 0 aliphatic carbocycles. The van der Waals surface area contributed by atoms with Crippen molar-refractivity contribution in [2.24, 2.45) is 0 Å². The first-order valence-electron chi connectivity index (χ1n) is 6.14. The summed E-state index contributed by atoms with van der Waals surface area (Å²) in [6.07, 6.45) is 1.83. The van der Waals surface area contributed by atoms with Gasteiger partial charge in [0.25, 0.3) is 5.91 Å². The fraction of sp³-hybridized carbons (Fsp3) is 0.0625. The third-order valence-corrected chi connectivity index (χ3v) is 3.40. The Hall–Kier alpha value is -2.26. The van der Waals surface area contributed by atoms with Crippen LogP contribution in [0.4, 0.5) is 5.69 Å². The molecule has 1 aliphatic rings. The molecule has 1 heterocycles. The SMILES string of the molecule is COc1ccc2c(c1)/C(=C\c1cccc(Cl)c1)C(=O)N2. The number of ether oxygens (including phenoxy) is 1. The number of rotatable bonds is 2. The van der Waals surface area contributed by atoms with Crippen LogP contribution in [0.15, 0.2) is 42.5 Å². The van der Waals surface area contributed by atoms with Gasteiger partial charge in [0.15, 0.2) is 0 Å². The van der Waals surface area contributed by atoms with E-state index in [1.165, 1.54) is 0 Å². The molecule has 0 fully saturated rings. The zero-order valence-corrected chi connectivity index (χ0v) is 11.6. The number of benzene rings is 2. The Labute approximate surface area is 121 Å². The Balaban J connectivity index is 2.09. The summed E-state index contributed by atoms with van der Waals surface area (Å²) in [6, 6.07) is 12.9. The lowest BCUT2D eigenvalue weighted by atomic mass is 10.0. The number of hydrogen-bond acceptors (Lipinski definition) is 2. The van der Waals surface area contributed by atoms with E-state index in [9.17, 15) is 4.79 Å². The molecular formula is C16H12ClNO2. The fourth-order valence-corrected chi connectivity index (χ4v) is 2.40. The molecule has 0 aromatic heterocycles. The van der Waals surface area contributed by atoms with E-state index >= 15 is 0 Å². The van der Waals surface area contributed by atoms with Crippen molar-refractivity contribution in [1.82, 2.24) is 0 Å². The van der Waals surface area contributed by atoms with Crippen LogP contribution in [0.2, 0.25) is 5.02 Å². The second-order valence-electron chi connectivity index (χ2n) is 4.48. The molecule has 0 radical (unpaired) electrons. The van der Waals surface area contributed by atoms with Crippen LogP contribution in [0.3, 0.4) is 0 Å². The highest BCUT2D eigenvalue weighted by molar-refractivity contribution is 6.35. The summed E-state index contributed by atoms with van der Waals surface area (Å²) in [7, 11) is 1.60. The van der Waals surface area contributed by atoms with Crippen LogP contribution in [0.5, 0.6) is 5.75 Å². The van der Waals surface area contributed by atoms with Crippen molar-refractivity contribution < 1.29 is 9.53 Å². The number of carbonyl (C=O) groups is 1. The Bertz CT molecular complexity index is 722. The lowest BCUT2D eigenvalue weighted by Gasteiger charge is -2.03. The molecule has 4 heteroatoms. The first-order valence-corrected chi connectivity index (χ1v) is 6.52. The van der Waals surface area contributed by atoms with Gasteiger partial charge in [0.05, 0.1) is 7.11 Å². The van der Waals surface area contributed by atoms with E-state index in [-0.39, 0.29) is 5.91 Å². The van der Waals surface area contributed by atoms with Gasteiger partial charge in [-0.3, -0.25) is 4.79 Å². The minimum absolute atomic E-state index is 0.117. The largest absolute Gasteiger partial charge is 0.497 e. The van der Waals surface area contributed by atoms with Crippen LogP contribution in [0, 0.1) is 0 Å². The molecule has 20 heavy (non-hydrogen) atoms. The molecule has 3 nitrogen and oxygen atoms in total. The van der Waals surface area contributed by atoms with Crippen LogP contribution in [-0.2, 0) is 4.79 Å². The van der Waals surface area contributed by atoms with E-state index < -0.39 is 0 Å². The highest BCUT2D eigenvalue weighted by Gasteiger charge is 2.24. The molecule has 2 aromatic rings. The number of carbonyl (C=O) groups excluding carboxylic acids is 1. The van der Waals surface area contributed by atoms with Gasteiger partial charge in [-0.15, -0.1) is 0 Å². The predicted octanol–water partition coefficient (Wildman–Crippen LogP) is 3.84. The second kappa shape index (κ2) is 5.02. The first-order chi connectivity index (χ1) is 9.67. The van der Waals surface area contributed by atoms with E-state index in [4.69, 9.17) is 16.3 Å². The molecule has 2 aromatic carbocycles. The normalized spacial score (nSPS) is 15.1. The van der Waals surface area contributed by atoms with Crippen molar-refractivity contribution in [2.45, 2.75) is 0 Å². The van der Waals surface area contributed by atoms with Gasteiger partial charge in [-0.25, -0.2) is 0 Å². The lowest BCUT2D eigenvalue weighted by molar-refractivity contribution is -0.110. The van der Waals surface area contributed by atoms with E-state index in [0.717, 1.165) is 22.6 Å². The van der Waals surface area contributed by atoms with Gasteiger partial charge in [0, 0.05) is 21.8 Å². The standard InChI is InChI=1S/C16H12ClNO2/c1-20-12-5-6-15-13(9-12)14(16(19)18-15)8-10-3-2-4-11(17)7-10/h2-9H,1H3,(H,18,19)/b14-8+. The van der Waals surface area contributed by atoms with E-state index in [2.05, 4.69) is 5.32 Å². The Morgan fingerprint density at radius 2 is 2.05 bits per heavy atom. The van der Waals surface area contributed by atoms with Gasteiger partial charge in [0.1, 0.15) is 5.75 Å². The van der Waals surface area contributed by atoms with Crippen molar-refractivity contribution in [1.29, 1.82) is 0 Å². The number of halogens is 1. The number of methoxy groups -OCH3 is 1. The summed E-state index contributed by atoms with van der Waals surface area (Å²) < 4.78 is 5.20. The van der Waals surface area contributed by atoms with Gasteiger partial charge >= 0.3 is 0 Å². The van der Waals surface area contributed by atoms with Crippen LogP contribution in [0.1, 0.15) is 11.1 Å². The summed E-state index contributed by atoms with van der Waals surface area (Å²) in [6.45, 7) is 0. The molecule has 0 atom stereocenters. The monoisotopic (exact) mass is 285 g/mol. The van der Waals surface area contributed by atoms with E-state index in [1.54, 1.807) is 13.2 Å². The fourth-order valence-electron chi connectivity index (χ4n) is 2.20. The minimum atomic E-state index is -0.117. The molecular weight excluding hydrogens is 274 g/mol. The van der Waals surface area contributed by atoms with Gasteiger partial charge in [-0.2, -0.15) is 0 Å². The van der Waals surface area contributed by atoms with Gasteiger partial charge < -0.3 is 10.1 Å². The summed E-state index contributed by atoms with van der Waals surface area (Å²) in [4.78, 5) is 12.1. The van der Waals surface area contributed by atoms with Crippen LogP contribution in [-0.4, -0.2) is 13.0 Å². The molecule has 1 aliphatic heterocycles. The average Bonchev–Trinajstić information content (AvgIpc) is 2.74. The Morgan fingerprint density at radius 3 is 2.80 bits per heavy atom. The highest BCUT2D eigenvalue weighted by atomic mass is 35.5. The molecule has 0 spiro atoms. The van der Waals surface area contributed by atoms with Crippen molar-refractivity contribution in [3.8, 4) is 5.75 Å². The second-order valence-corrected chi connectivity index (χ2v) is 4.92. The molecule has 0 saturated heterocycles. The molecule has 0 unspecified atom stereocenters. The zero-order chi connectivity index (χ0) is 14.1. The smallest absolute Gasteiger partial charge is 0.256 e. The summed E-state index contributed by atoms with van der Waals surface area (Å²) in [5.74, 6) is 0.602. The van der Waals surface area contributed by atoms with E-state index in [1.807, 2.05) is 42.5 Å². The van der Waals surface area contributed by atoms with Crippen molar-refractivity contribution in [2.75, 3.05) is 12.4 Å². The summed E-state index contributed by atoms with van der Waals surface area (Å²) in [5, 5.41) is 3.48. The van der Waals surface area contributed by atoms with Gasteiger partial charge in [0.2, 0.25) is 0 Å². The summed E-state index contributed by atoms with van der Waals surface area (Å²) in [5.41, 5.74) is 3.14. The maximum atomic E-state index is 12.1. The topological polar surface area (TPSA) is 38.3 Å². The van der Waals surface area contributed by atoms with Crippen LogP contribution < -0.4 is 10.1 Å². The third kappa shape index (κ3) is 2.28. The minimum Gasteiger partial charge on any atom is -0.497 e. The predicted molar refractivity (Wildman–Crippen MR) is 80.9 cm³/mol. The quantitative estimate of drug-likeness (QED) is 0.851. The molecule has 1 N–H and O–H groups in total. The van der Waals surface area contributed by atoms with Gasteiger partial charge in [-0.1, -0.05) is 23.7 Å². The Morgan fingerprint density at radius 1 is 1.20 bits per heavy atom. The highest BCUT2D eigenvalue weighted by Crippen LogP contribution is 2.35. The Kier molecular flexibility index (Phi) is 3.20. The van der Waals surface area contributed by atoms with Crippen molar-refractivity contribution in [3.05, 3.63) is 58.6 Å². The molecule has 3 rings (SSSR count). The third-order valence-electron chi connectivity index (χ3n) is 3.17. The van der Waals surface area contributed by atoms with Crippen molar-refractivity contribution >= 4 is 34.8 Å². The maximum Gasteiger partial charge on any atom is 0.256 e. The number of amides is 1. The molecule has 0 saturated carbocycles. The average molecular weight is 286 g/mol. The number of fused-ring (bicyclic) bond motifs is 1. The molecule has 1 amide bonds.